The Morgan fingerprint density at radius 2 is 2.28 bits per heavy atom. The molecule has 0 atom stereocenters. The van der Waals surface area contributed by atoms with Crippen LogP contribution < -0.4 is 5.69 Å². The Morgan fingerprint density at radius 3 is 2.89 bits per heavy atom. The van der Waals surface area contributed by atoms with Gasteiger partial charge in [-0.2, -0.15) is 0 Å². The molecule has 0 aromatic carbocycles. The van der Waals surface area contributed by atoms with Crippen LogP contribution in [0, 0.1) is 0 Å². The Bertz CT molecular complexity index is 478. The van der Waals surface area contributed by atoms with Crippen molar-refractivity contribution in [1.82, 2.24) is 14.8 Å². The first kappa shape index (κ1) is 14.6. The number of hydrogen-bond acceptors (Lipinski definition) is 5. The van der Waals surface area contributed by atoms with Gasteiger partial charge in [0, 0.05) is 17.9 Å². The largest absolute Gasteiger partial charge is 0.463 e. The van der Waals surface area contributed by atoms with Crippen molar-refractivity contribution in [2.24, 2.45) is 0 Å². The Kier molecular flexibility index (Phi) is 5.70. The Morgan fingerprint density at radius 1 is 1.56 bits per heavy atom. The first-order valence-electron chi connectivity index (χ1n) is 5.73. The van der Waals surface area contributed by atoms with Crippen LogP contribution in [-0.4, -0.2) is 33.1 Å². The van der Waals surface area contributed by atoms with E-state index in [1.165, 1.54) is 11.8 Å². The predicted octanol–water partition coefficient (Wildman–Crippen LogP) is 1.19. The lowest BCUT2D eigenvalue weighted by Crippen LogP contribution is -2.17. The van der Waals surface area contributed by atoms with Gasteiger partial charge in [0.1, 0.15) is 0 Å². The molecule has 0 saturated heterocycles. The molecule has 0 aliphatic rings. The lowest BCUT2D eigenvalue weighted by molar-refractivity contribution is -0.138. The van der Waals surface area contributed by atoms with Gasteiger partial charge in [-0.05, 0) is 13.3 Å². The molecule has 18 heavy (non-hydrogen) atoms. The zero-order chi connectivity index (χ0) is 13.5. The van der Waals surface area contributed by atoms with E-state index in [2.05, 4.69) is 16.8 Å². The highest BCUT2D eigenvalue weighted by Crippen LogP contribution is 2.16. The maximum absolute atomic E-state index is 11.4. The first-order chi connectivity index (χ1) is 8.60. The number of hydrogen-bond donors (Lipinski definition) is 1. The molecule has 0 unspecified atom stereocenters. The number of thioether (sulfide) groups is 1. The van der Waals surface area contributed by atoms with Crippen molar-refractivity contribution in [3.8, 4) is 0 Å². The van der Waals surface area contributed by atoms with Gasteiger partial charge in [0.2, 0.25) is 0 Å². The van der Waals surface area contributed by atoms with E-state index in [4.69, 9.17) is 4.74 Å². The van der Waals surface area contributed by atoms with Gasteiger partial charge in [0.15, 0.2) is 5.16 Å². The van der Waals surface area contributed by atoms with Crippen LogP contribution >= 0.6 is 11.8 Å². The first-order valence-corrected chi connectivity index (χ1v) is 6.71. The molecule has 0 bridgehead atoms. The van der Waals surface area contributed by atoms with Crippen LogP contribution in [0.25, 0.3) is 0 Å². The Balaban J connectivity index is 2.61. The molecule has 0 amide bonds. The maximum atomic E-state index is 11.4. The summed E-state index contributed by atoms with van der Waals surface area (Å²) in [7, 11) is 0. The average Bonchev–Trinajstić information content (AvgIpc) is 2.69. The minimum absolute atomic E-state index is 0.235. The summed E-state index contributed by atoms with van der Waals surface area (Å²) in [5, 5.41) is 6.86. The average molecular weight is 271 g/mol. The molecular formula is C11H17N3O3S. The summed E-state index contributed by atoms with van der Waals surface area (Å²) in [6.45, 7) is 8.29. The molecule has 0 aliphatic heterocycles. The van der Waals surface area contributed by atoms with Gasteiger partial charge in [0.05, 0.1) is 6.61 Å². The molecule has 0 fully saturated rings. The molecule has 0 radical (unpaired) electrons. The van der Waals surface area contributed by atoms with E-state index >= 15 is 0 Å². The van der Waals surface area contributed by atoms with Gasteiger partial charge in [-0.3, -0.25) is 4.57 Å². The number of H-pyrrole nitrogens is 1. The van der Waals surface area contributed by atoms with Gasteiger partial charge in [0.25, 0.3) is 0 Å². The van der Waals surface area contributed by atoms with Crippen LogP contribution in [0.2, 0.25) is 0 Å². The third-order valence-corrected chi connectivity index (χ3v) is 3.17. The molecule has 1 N–H and O–H groups in total. The highest BCUT2D eigenvalue weighted by molar-refractivity contribution is 7.99. The second kappa shape index (κ2) is 7.05. The zero-order valence-corrected chi connectivity index (χ0v) is 11.4. The van der Waals surface area contributed by atoms with Crippen LogP contribution in [0.4, 0.5) is 0 Å². The highest BCUT2D eigenvalue weighted by Gasteiger charge is 2.12. The lowest BCUT2D eigenvalue weighted by Gasteiger charge is -2.05. The Hall–Kier alpha value is -1.50. The van der Waals surface area contributed by atoms with Crippen molar-refractivity contribution in [1.29, 1.82) is 0 Å². The molecule has 0 spiro atoms. The molecule has 0 aliphatic carbocycles. The van der Waals surface area contributed by atoms with E-state index in [-0.39, 0.29) is 5.69 Å². The van der Waals surface area contributed by atoms with E-state index in [0.717, 1.165) is 6.42 Å². The summed E-state index contributed by atoms with van der Waals surface area (Å²) >= 11 is 1.29. The van der Waals surface area contributed by atoms with Crippen molar-refractivity contribution < 1.29 is 9.53 Å². The topological polar surface area (TPSA) is 77.0 Å². The molecule has 6 nitrogen and oxygen atoms in total. The third kappa shape index (κ3) is 3.76. The standard InChI is InChI=1S/C11H17N3O3S/c1-4-6-14-10(16)12-13-11(14)18-7-8(3)9(15)17-5-2/h3-7H2,1-2H3,(H,12,16). The van der Waals surface area contributed by atoms with Crippen molar-refractivity contribution in [2.45, 2.75) is 32.0 Å². The molecule has 1 aromatic rings. The molecule has 0 saturated carbocycles. The lowest BCUT2D eigenvalue weighted by atomic mass is 10.4. The number of aromatic nitrogens is 3. The smallest absolute Gasteiger partial charge is 0.343 e. The van der Waals surface area contributed by atoms with Crippen molar-refractivity contribution >= 4 is 17.7 Å². The Labute approximate surface area is 109 Å². The molecule has 1 heterocycles. The fourth-order valence-electron chi connectivity index (χ4n) is 1.28. The van der Waals surface area contributed by atoms with E-state index in [1.54, 1.807) is 11.5 Å². The summed E-state index contributed by atoms with van der Waals surface area (Å²) in [5.74, 6) is -0.0581. The molecule has 1 aromatic heterocycles. The number of esters is 1. The second-order valence-corrected chi connectivity index (χ2v) is 4.52. The third-order valence-electron chi connectivity index (χ3n) is 2.11. The van der Waals surface area contributed by atoms with Crippen LogP contribution in [0.1, 0.15) is 20.3 Å². The molecule has 1 rings (SSSR count). The van der Waals surface area contributed by atoms with Gasteiger partial charge < -0.3 is 4.74 Å². The maximum Gasteiger partial charge on any atom is 0.343 e. The normalized spacial score (nSPS) is 10.3. The fraction of sp³-hybridized carbons (Fsp3) is 0.545. The second-order valence-electron chi connectivity index (χ2n) is 3.58. The summed E-state index contributed by atoms with van der Waals surface area (Å²) in [6.07, 6.45) is 0.839. The van der Waals surface area contributed by atoms with Crippen LogP contribution in [0.15, 0.2) is 22.1 Å². The monoisotopic (exact) mass is 271 g/mol. The van der Waals surface area contributed by atoms with E-state index in [9.17, 15) is 9.59 Å². The minimum atomic E-state index is -0.412. The van der Waals surface area contributed by atoms with E-state index < -0.39 is 5.97 Å². The quantitative estimate of drug-likeness (QED) is 0.458. The molecular weight excluding hydrogens is 254 g/mol. The SMILES string of the molecule is C=C(CSc1n[nH]c(=O)n1CCC)C(=O)OCC. The van der Waals surface area contributed by atoms with Crippen molar-refractivity contribution in [3.63, 3.8) is 0 Å². The van der Waals surface area contributed by atoms with E-state index in [0.29, 0.717) is 29.6 Å². The minimum Gasteiger partial charge on any atom is -0.463 e. The predicted molar refractivity (Wildman–Crippen MR) is 69.6 cm³/mol. The summed E-state index contributed by atoms with van der Waals surface area (Å²) in [4.78, 5) is 22.8. The number of carbonyl (C=O) groups excluding carboxylic acids is 1. The number of nitrogens with zero attached hydrogens (tertiary/aromatic N) is 2. The molecule has 100 valence electrons. The number of rotatable bonds is 7. The van der Waals surface area contributed by atoms with Crippen LogP contribution in [-0.2, 0) is 16.1 Å². The number of aromatic amines is 1. The van der Waals surface area contributed by atoms with Gasteiger partial charge in [-0.25, -0.2) is 14.7 Å². The van der Waals surface area contributed by atoms with E-state index in [1.807, 2.05) is 6.92 Å². The van der Waals surface area contributed by atoms with Gasteiger partial charge in [-0.1, -0.05) is 25.3 Å². The van der Waals surface area contributed by atoms with Gasteiger partial charge in [-0.15, -0.1) is 5.10 Å². The van der Waals surface area contributed by atoms with Crippen LogP contribution in [0.5, 0.6) is 0 Å². The summed E-state index contributed by atoms with van der Waals surface area (Å²) < 4.78 is 6.37. The van der Waals surface area contributed by atoms with Crippen molar-refractivity contribution in [2.75, 3.05) is 12.4 Å². The summed E-state index contributed by atoms with van der Waals surface area (Å²) in [5.41, 5.74) is 0.126. The van der Waals surface area contributed by atoms with Gasteiger partial charge >= 0.3 is 11.7 Å². The molecule has 7 heteroatoms. The zero-order valence-electron chi connectivity index (χ0n) is 10.6. The fourth-order valence-corrected chi connectivity index (χ4v) is 2.14. The number of nitrogens with one attached hydrogen (secondary N) is 1. The number of ether oxygens (including phenoxy) is 1. The number of carbonyl (C=O) groups is 1. The van der Waals surface area contributed by atoms with Crippen molar-refractivity contribution in [3.05, 3.63) is 22.6 Å². The van der Waals surface area contributed by atoms with Crippen LogP contribution in [0.3, 0.4) is 0 Å². The summed E-state index contributed by atoms with van der Waals surface area (Å²) in [6, 6.07) is 0. The highest BCUT2D eigenvalue weighted by atomic mass is 32.2.